The second-order valence-corrected chi connectivity index (χ2v) is 6.54. The van der Waals surface area contributed by atoms with Gasteiger partial charge in [-0.25, -0.2) is 9.97 Å². The Hall–Kier alpha value is -1.95. The van der Waals surface area contributed by atoms with E-state index in [-0.39, 0.29) is 11.4 Å². The van der Waals surface area contributed by atoms with E-state index < -0.39 is 0 Å². The fourth-order valence-corrected chi connectivity index (χ4v) is 2.07. The Morgan fingerprint density at radius 1 is 1.19 bits per heavy atom. The summed E-state index contributed by atoms with van der Waals surface area (Å²) in [5, 5.41) is 6.01. The summed E-state index contributed by atoms with van der Waals surface area (Å²) in [6.45, 7) is 5.77. The molecule has 1 heterocycles. The first-order chi connectivity index (χ1) is 9.83. The van der Waals surface area contributed by atoms with Gasteiger partial charge in [0.2, 0.25) is 0 Å². The predicted octanol–water partition coefficient (Wildman–Crippen LogP) is 3.51. The maximum Gasteiger partial charge on any atom is 0.270 e. The van der Waals surface area contributed by atoms with Crippen LogP contribution >= 0.6 is 15.9 Å². The van der Waals surface area contributed by atoms with Crippen molar-refractivity contribution in [1.29, 1.82) is 0 Å². The Bertz CT molecular complexity index is 652. The maximum atomic E-state index is 12.1. The number of nitrogens with one attached hydrogen (secondary N) is 2. The standard InChI is InChI=1S/C15H17BrN4O/c1-15(2,3)20-14(21)12-8-13(18-9-17-12)19-11-6-4-5-10(16)7-11/h4-9H,1-3H3,(H,20,21)(H,17,18,19). The largest absolute Gasteiger partial charge is 0.346 e. The van der Waals surface area contributed by atoms with Crippen LogP contribution in [0.4, 0.5) is 11.5 Å². The van der Waals surface area contributed by atoms with E-state index in [9.17, 15) is 4.79 Å². The first kappa shape index (κ1) is 15.4. The molecule has 2 rings (SSSR count). The molecule has 2 aromatic rings. The number of halogens is 1. The van der Waals surface area contributed by atoms with Crippen molar-refractivity contribution in [3.8, 4) is 0 Å². The lowest BCUT2D eigenvalue weighted by Crippen LogP contribution is -2.40. The minimum Gasteiger partial charge on any atom is -0.346 e. The van der Waals surface area contributed by atoms with Crippen molar-refractivity contribution in [3.63, 3.8) is 0 Å². The summed E-state index contributed by atoms with van der Waals surface area (Å²) in [5.41, 5.74) is 0.905. The normalized spacial score (nSPS) is 11.0. The highest BCUT2D eigenvalue weighted by molar-refractivity contribution is 9.10. The fraction of sp³-hybridized carbons (Fsp3) is 0.267. The molecule has 0 radical (unpaired) electrons. The molecule has 110 valence electrons. The zero-order valence-corrected chi connectivity index (χ0v) is 13.7. The number of rotatable bonds is 3. The highest BCUT2D eigenvalue weighted by Gasteiger charge is 2.16. The summed E-state index contributed by atoms with van der Waals surface area (Å²) in [6, 6.07) is 9.33. The van der Waals surface area contributed by atoms with Gasteiger partial charge in [0.15, 0.2) is 0 Å². The van der Waals surface area contributed by atoms with E-state index in [4.69, 9.17) is 0 Å². The van der Waals surface area contributed by atoms with E-state index in [1.54, 1.807) is 6.07 Å². The quantitative estimate of drug-likeness (QED) is 0.890. The summed E-state index contributed by atoms with van der Waals surface area (Å²) in [7, 11) is 0. The van der Waals surface area contributed by atoms with Crippen LogP contribution in [0, 0.1) is 0 Å². The Morgan fingerprint density at radius 2 is 1.95 bits per heavy atom. The lowest BCUT2D eigenvalue weighted by Gasteiger charge is -2.20. The average molecular weight is 349 g/mol. The van der Waals surface area contributed by atoms with E-state index in [0.717, 1.165) is 10.2 Å². The monoisotopic (exact) mass is 348 g/mol. The molecule has 0 unspecified atom stereocenters. The van der Waals surface area contributed by atoms with Crippen LogP contribution < -0.4 is 10.6 Å². The van der Waals surface area contributed by atoms with Crippen LogP contribution in [0.1, 0.15) is 31.3 Å². The molecule has 2 N–H and O–H groups in total. The van der Waals surface area contributed by atoms with Gasteiger partial charge in [-0.1, -0.05) is 22.0 Å². The van der Waals surface area contributed by atoms with Crippen molar-refractivity contribution in [2.45, 2.75) is 26.3 Å². The number of nitrogens with zero attached hydrogens (tertiary/aromatic N) is 2. The molecule has 0 saturated carbocycles. The molecule has 0 bridgehead atoms. The van der Waals surface area contributed by atoms with Crippen LogP contribution in [0.3, 0.4) is 0 Å². The van der Waals surface area contributed by atoms with Gasteiger partial charge in [-0.15, -0.1) is 0 Å². The first-order valence-corrected chi connectivity index (χ1v) is 7.30. The van der Waals surface area contributed by atoms with Crippen LogP contribution in [0.5, 0.6) is 0 Å². The molecular formula is C15H17BrN4O. The third-order valence-electron chi connectivity index (χ3n) is 2.49. The predicted molar refractivity (Wildman–Crippen MR) is 86.7 cm³/mol. The average Bonchev–Trinajstić information content (AvgIpc) is 2.37. The molecule has 0 aliphatic carbocycles. The van der Waals surface area contributed by atoms with Gasteiger partial charge in [0.1, 0.15) is 17.8 Å². The molecule has 1 amide bonds. The molecule has 21 heavy (non-hydrogen) atoms. The minimum atomic E-state index is -0.306. The zero-order chi connectivity index (χ0) is 15.5. The summed E-state index contributed by atoms with van der Waals surface area (Å²) in [4.78, 5) is 20.2. The van der Waals surface area contributed by atoms with Crippen molar-refractivity contribution in [2.75, 3.05) is 5.32 Å². The molecule has 0 aliphatic heterocycles. The van der Waals surface area contributed by atoms with Gasteiger partial charge in [0.05, 0.1) is 0 Å². The molecule has 0 atom stereocenters. The van der Waals surface area contributed by atoms with Gasteiger partial charge in [0, 0.05) is 21.8 Å². The first-order valence-electron chi connectivity index (χ1n) is 6.51. The molecule has 1 aromatic heterocycles. The Labute approximate surface area is 132 Å². The van der Waals surface area contributed by atoms with Crippen LogP contribution in [-0.2, 0) is 0 Å². The zero-order valence-electron chi connectivity index (χ0n) is 12.1. The van der Waals surface area contributed by atoms with Gasteiger partial charge in [0.25, 0.3) is 5.91 Å². The van der Waals surface area contributed by atoms with Crippen LogP contribution in [0.2, 0.25) is 0 Å². The van der Waals surface area contributed by atoms with Crippen LogP contribution in [0.25, 0.3) is 0 Å². The second kappa shape index (κ2) is 6.22. The van der Waals surface area contributed by atoms with Crippen LogP contribution in [-0.4, -0.2) is 21.4 Å². The summed E-state index contributed by atoms with van der Waals surface area (Å²) in [6.07, 6.45) is 1.37. The Balaban J connectivity index is 2.16. The molecule has 0 saturated heterocycles. The topological polar surface area (TPSA) is 66.9 Å². The SMILES string of the molecule is CC(C)(C)NC(=O)c1cc(Nc2cccc(Br)c2)ncn1. The number of hydrogen-bond donors (Lipinski definition) is 2. The summed E-state index contributed by atoms with van der Waals surface area (Å²) in [5.74, 6) is 0.351. The second-order valence-electron chi connectivity index (χ2n) is 5.63. The van der Waals surface area contributed by atoms with Crippen molar-refractivity contribution >= 4 is 33.3 Å². The minimum absolute atomic E-state index is 0.220. The van der Waals surface area contributed by atoms with Gasteiger partial charge < -0.3 is 10.6 Å². The number of aromatic nitrogens is 2. The molecule has 0 aliphatic rings. The van der Waals surface area contributed by atoms with E-state index in [0.29, 0.717) is 11.5 Å². The number of carbonyl (C=O) groups excluding carboxylic acids is 1. The molecule has 0 spiro atoms. The van der Waals surface area contributed by atoms with E-state index in [1.807, 2.05) is 45.0 Å². The smallest absolute Gasteiger partial charge is 0.270 e. The fourth-order valence-electron chi connectivity index (χ4n) is 1.67. The van der Waals surface area contributed by atoms with E-state index in [2.05, 4.69) is 36.5 Å². The molecule has 0 fully saturated rings. The van der Waals surface area contributed by atoms with Crippen molar-refractivity contribution in [2.24, 2.45) is 0 Å². The van der Waals surface area contributed by atoms with Gasteiger partial charge in [-0.2, -0.15) is 0 Å². The molecule has 6 heteroatoms. The molecule has 5 nitrogen and oxygen atoms in total. The summed E-state index contributed by atoms with van der Waals surface area (Å²) >= 11 is 3.41. The van der Waals surface area contributed by atoms with E-state index >= 15 is 0 Å². The highest BCUT2D eigenvalue weighted by Crippen LogP contribution is 2.19. The number of anilines is 2. The van der Waals surface area contributed by atoms with Crippen LogP contribution in [0.15, 0.2) is 41.1 Å². The lowest BCUT2D eigenvalue weighted by atomic mass is 10.1. The third kappa shape index (κ3) is 4.82. The molecular weight excluding hydrogens is 332 g/mol. The van der Waals surface area contributed by atoms with Crippen molar-refractivity contribution in [1.82, 2.24) is 15.3 Å². The maximum absolute atomic E-state index is 12.1. The number of carbonyl (C=O) groups is 1. The van der Waals surface area contributed by atoms with E-state index in [1.165, 1.54) is 6.33 Å². The third-order valence-corrected chi connectivity index (χ3v) is 2.98. The highest BCUT2D eigenvalue weighted by atomic mass is 79.9. The number of hydrogen-bond acceptors (Lipinski definition) is 4. The number of amides is 1. The molecule has 1 aromatic carbocycles. The number of benzene rings is 1. The van der Waals surface area contributed by atoms with Gasteiger partial charge in [-0.05, 0) is 39.0 Å². The van der Waals surface area contributed by atoms with Gasteiger partial charge >= 0.3 is 0 Å². The van der Waals surface area contributed by atoms with Gasteiger partial charge in [-0.3, -0.25) is 4.79 Å². The van der Waals surface area contributed by atoms with Crippen molar-refractivity contribution in [3.05, 3.63) is 46.8 Å². The van der Waals surface area contributed by atoms with Crippen molar-refractivity contribution < 1.29 is 4.79 Å². The lowest BCUT2D eigenvalue weighted by molar-refractivity contribution is 0.0914. The summed E-state index contributed by atoms with van der Waals surface area (Å²) < 4.78 is 0.965. The Morgan fingerprint density at radius 3 is 2.62 bits per heavy atom. The Kier molecular flexibility index (Phi) is 4.57.